The first-order valence-electron chi connectivity index (χ1n) is 7.14. The Balaban J connectivity index is 2.05. The highest BCUT2D eigenvalue weighted by atomic mass is 32.1. The number of likely N-dealkylation sites (N-methyl/N-ethyl adjacent to an activating group) is 1. The number of hydrogen-bond acceptors (Lipinski definition) is 4. The fourth-order valence-corrected chi connectivity index (χ4v) is 3.05. The summed E-state index contributed by atoms with van der Waals surface area (Å²) in [7, 11) is 3.28. The van der Waals surface area contributed by atoms with Crippen LogP contribution in [0, 0.1) is 0 Å². The molecule has 1 amide bonds. The molecule has 0 spiro atoms. The Bertz CT molecular complexity index is 612. The van der Waals surface area contributed by atoms with Crippen molar-refractivity contribution < 1.29 is 14.6 Å². The number of aliphatic hydroxyl groups excluding tert-OH is 1. The van der Waals surface area contributed by atoms with Crippen molar-refractivity contribution in [3.8, 4) is 5.75 Å². The third-order valence-electron chi connectivity index (χ3n) is 3.73. The molecular weight excluding hydrogens is 298 g/mol. The van der Waals surface area contributed by atoms with E-state index in [-0.39, 0.29) is 11.9 Å². The van der Waals surface area contributed by atoms with Crippen LogP contribution < -0.4 is 4.74 Å². The third-order valence-corrected chi connectivity index (χ3v) is 4.63. The molecule has 5 heteroatoms. The van der Waals surface area contributed by atoms with Crippen LogP contribution in [0.5, 0.6) is 5.75 Å². The summed E-state index contributed by atoms with van der Waals surface area (Å²) in [6.07, 6.45) is -0.393. The molecule has 0 aliphatic heterocycles. The molecule has 0 aliphatic rings. The van der Waals surface area contributed by atoms with Gasteiger partial charge >= 0.3 is 0 Å². The van der Waals surface area contributed by atoms with Crippen molar-refractivity contribution in [1.29, 1.82) is 0 Å². The maximum atomic E-state index is 12.5. The van der Waals surface area contributed by atoms with Crippen LogP contribution in [0.4, 0.5) is 0 Å². The van der Waals surface area contributed by atoms with Gasteiger partial charge in [-0.15, -0.1) is 11.3 Å². The van der Waals surface area contributed by atoms with E-state index < -0.39 is 6.10 Å². The predicted octanol–water partition coefficient (Wildman–Crippen LogP) is 2.88. The minimum absolute atomic E-state index is 0.0198. The van der Waals surface area contributed by atoms with E-state index in [0.29, 0.717) is 11.3 Å². The number of hydrogen-bond donors (Lipinski definition) is 1. The number of carbonyl (C=O) groups is 1. The predicted molar refractivity (Wildman–Crippen MR) is 88.2 cm³/mol. The number of carbonyl (C=O) groups excluding carboxylic acids is 1. The molecule has 118 valence electrons. The summed E-state index contributed by atoms with van der Waals surface area (Å²) in [4.78, 5) is 15.3. The number of benzene rings is 1. The molecule has 0 fully saturated rings. The smallest absolute Gasteiger partial charge is 0.256 e. The van der Waals surface area contributed by atoms with Gasteiger partial charge in [0, 0.05) is 24.4 Å². The van der Waals surface area contributed by atoms with Gasteiger partial charge in [-0.3, -0.25) is 4.79 Å². The van der Waals surface area contributed by atoms with E-state index in [1.807, 2.05) is 18.4 Å². The van der Waals surface area contributed by atoms with Crippen molar-refractivity contribution in [3.63, 3.8) is 0 Å². The molecule has 0 bridgehead atoms. The number of rotatable bonds is 6. The highest BCUT2D eigenvalue weighted by Crippen LogP contribution is 2.22. The van der Waals surface area contributed by atoms with Crippen LogP contribution in [0.25, 0.3) is 0 Å². The second-order valence-electron chi connectivity index (χ2n) is 5.26. The van der Waals surface area contributed by atoms with Crippen molar-refractivity contribution in [2.45, 2.75) is 25.5 Å². The van der Waals surface area contributed by atoms with Gasteiger partial charge in [-0.05, 0) is 36.1 Å². The van der Waals surface area contributed by atoms with E-state index in [1.165, 1.54) is 4.88 Å². The molecule has 2 aromatic rings. The van der Waals surface area contributed by atoms with Crippen molar-refractivity contribution in [1.82, 2.24) is 4.90 Å². The first-order chi connectivity index (χ1) is 10.5. The number of nitrogens with zero attached hydrogens (tertiary/aromatic N) is 1. The molecule has 0 saturated carbocycles. The highest BCUT2D eigenvalue weighted by molar-refractivity contribution is 7.09. The minimum atomic E-state index is -1.18. The lowest BCUT2D eigenvalue weighted by Gasteiger charge is -2.27. The van der Waals surface area contributed by atoms with Crippen molar-refractivity contribution in [2.24, 2.45) is 0 Å². The molecule has 22 heavy (non-hydrogen) atoms. The zero-order valence-electron chi connectivity index (χ0n) is 13.0. The molecule has 0 saturated heterocycles. The van der Waals surface area contributed by atoms with Crippen LogP contribution >= 0.6 is 11.3 Å². The molecule has 1 aromatic carbocycles. The molecule has 4 nitrogen and oxygen atoms in total. The number of ether oxygens (including phenoxy) is 1. The number of amides is 1. The average Bonchev–Trinajstić information content (AvgIpc) is 3.05. The Kier molecular flexibility index (Phi) is 5.57. The van der Waals surface area contributed by atoms with E-state index in [9.17, 15) is 9.90 Å². The topological polar surface area (TPSA) is 49.8 Å². The number of thiophene rings is 1. The summed E-state index contributed by atoms with van der Waals surface area (Å²) in [6, 6.07) is 11.0. The van der Waals surface area contributed by atoms with Crippen LogP contribution in [-0.4, -0.2) is 36.1 Å². The summed E-state index contributed by atoms with van der Waals surface area (Å²) in [6.45, 7) is 1.98. The molecule has 1 heterocycles. The fraction of sp³-hybridized carbons (Fsp3) is 0.353. The summed E-state index contributed by atoms with van der Waals surface area (Å²) in [5.41, 5.74) is 0.541. The third kappa shape index (κ3) is 3.87. The lowest BCUT2D eigenvalue weighted by Crippen LogP contribution is -2.39. The molecule has 1 aromatic heterocycles. The van der Waals surface area contributed by atoms with E-state index in [4.69, 9.17) is 4.74 Å². The highest BCUT2D eigenvalue weighted by Gasteiger charge is 2.25. The Morgan fingerprint density at radius 1 is 1.36 bits per heavy atom. The molecule has 0 aliphatic carbocycles. The fourth-order valence-electron chi connectivity index (χ4n) is 2.22. The summed E-state index contributed by atoms with van der Waals surface area (Å²) in [5.74, 6) is 0.316. The molecule has 0 radical (unpaired) electrons. The van der Waals surface area contributed by atoms with Crippen LogP contribution in [0.3, 0.4) is 0 Å². The summed E-state index contributed by atoms with van der Waals surface area (Å²) >= 11 is 1.67. The van der Waals surface area contributed by atoms with Gasteiger partial charge in [-0.2, -0.15) is 0 Å². The Morgan fingerprint density at radius 2 is 2.14 bits per heavy atom. The molecule has 2 atom stereocenters. The lowest BCUT2D eigenvalue weighted by molar-refractivity contribution is -0.141. The number of methoxy groups -OCH3 is 1. The Labute approximate surface area is 135 Å². The number of aliphatic hydroxyl groups is 1. The molecule has 2 unspecified atom stereocenters. The molecule has 1 N–H and O–H groups in total. The van der Waals surface area contributed by atoms with Gasteiger partial charge in [0.1, 0.15) is 5.75 Å². The minimum Gasteiger partial charge on any atom is -0.497 e. The van der Waals surface area contributed by atoms with Gasteiger partial charge in [0.15, 0.2) is 6.10 Å². The SMILES string of the molecule is COc1cccc(C(O)C(=O)N(C)C(C)Cc2cccs2)c1. The van der Waals surface area contributed by atoms with Crippen molar-refractivity contribution in [2.75, 3.05) is 14.2 Å². The van der Waals surface area contributed by atoms with E-state index in [0.717, 1.165) is 6.42 Å². The average molecular weight is 319 g/mol. The van der Waals surface area contributed by atoms with Crippen molar-refractivity contribution in [3.05, 3.63) is 52.2 Å². The lowest BCUT2D eigenvalue weighted by atomic mass is 10.1. The normalized spacial score (nSPS) is 13.5. The van der Waals surface area contributed by atoms with Crippen molar-refractivity contribution >= 4 is 17.2 Å². The quantitative estimate of drug-likeness (QED) is 0.891. The second-order valence-corrected chi connectivity index (χ2v) is 6.29. The largest absolute Gasteiger partial charge is 0.497 e. The van der Waals surface area contributed by atoms with Gasteiger partial charge in [0.2, 0.25) is 0 Å². The standard InChI is InChI=1S/C17H21NO3S/c1-12(10-15-8-5-9-22-15)18(2)17(20)16(19)13-6-4-7-14(11-13)21-3/h4-9,11-12,16,19H,10H2,1-3H3. The molecule has 2 rings (SSSR count). The van der Waals surface area contributed by atoms with Crippen LogP contribution in [0.1, 0.15) is 23.5 Å². The second kappa shape index (κ2) is 7.42. The zero-order chi connectivity index (χ0) is 16.1. The molecular formula is C17H21NO3S. The Morgan fingerprint density at radius 3 is 2.77 bits per heavy atom. The maximum absolute atomic E-state index is 12.5. The Hall–Kier alpha value is -1.85. The maximum Gasteiger partial charge on any atom is 0.256 e. The van der Waals surface area contributed by atoms with Gasteiger partial charge in [0.05, 0.1) is 7.11 Å². The summed E-state index contributed by atoms with van der Waals surface area (Å²) < 4.78 is 5.13. The van der Waals surface area contributed by atoms with E-state index >= 15 is 0 Å². The first-order valence-corrected chi connectivity index (χ1v) is 8.02. The van der Waals surface area contributed by atoms with Crippen LogP contribution in [0.15, 0.2) is 41.8 Å². The monoisotopic (exact) mass is 319 g/mol. The van der Waals surface area contributed by atoms with E-state index in [1.54, 1.807) is 54.7 Å². The first kappa shape index (κ1) is 16.5. The van der Waals surface area contributed by atoms with Gasteiger partial charge in [-0.25, -0.2) is 0 Å². The van der Waals surface area contributed by atoms with Crippen LogP contribution in [-0.2, 0) is 11.2 Å². The van der Waals surface area contributed by atoms with Gasteiger partial charge < -0.3 is 14.7 Å². The van der Waals surface area contributed by atoms with Crippen LogP contribution in [0.2, 0.25) is 0 Å². The van der Waals surface area contributed by atoms with E-state index in [2.05, 4.69) is 6.07 Å². The summed E-state index contributed by atoms with van der Waals surface area (Å²) in [5, 5.41) is 12.3. The van der Waals surface area contributed by atoms with Gasteiger partial charge in [0.25, 0.3) is 5.91 Å². The van der Waals surface area contributed by atoms with Gasteiger partial charge in [-0.1, -0.05) is 18.2 Å². The zero-order valence-corrected chi connectivity index (χ0v) is 13.8.